The molecule has 4 aromatic carbocycles. The highest BCUT2D eigenvalue weighted by Crippen LogP contribution is 2.19. The van der Waals surface area contributed by atoms with Crippen LogP contribution in [-0.2, 0) is 21.2 Å². The number of benzene rings is 4. The van der Waals surface area contributed by atoms with Crippen LogP contribution in [0.5, 0.6) is 0 Å². The second kappa shape index (κ2) is 11.2. The molecular weight excluding hydrogens is 488 g/mol. The zero-order valence-electron chi connectivity index (χ0n) is 19.5. The molecule has 3 N–H and O–H groups in total. The van der Waals surface area contributed by atoms with Crippen molar-refractivity contribution in [2.45, 2.75) is 11.3 Å². The highest BCUT2D eigenvalue weighted by molar-refractivity contribution is 7.92. The van der Waals surface area contributed by atoms with Crippen molar-refractivity contribution in [3.8, 4) is 6.07 Å². The van der Waals surface area contributed by atoms with Crippen molar-refractivity contribution in [3.05, 3.63) is 120 Å². The molecule has 37 heavy (non-hydrogen) atoms. The van der Waals surface area contributed by atoms with E-state index in [0.717, 1.165) is 0 Å². The number of anilines is 3. The van der Waals surface area contributed by atoms with E-state index in [4.69, 9.17) is 0 Å². The highest BCUT2D eigenvalue weighted by atomic mass is 32.2. The number of hydrogen-bond donors (Lipinski definition) is 3. The van der Waals surface area contributed by atoms with E-state index in [-0.39, 0.29) is 17.2 Å². The van der Waals surface area contributed by atoms with Crippen molar-refractivity contribution in [3.63, 3.8) is 0 Å². The van der Waals surface area contributed by atoms with E-state index in [1.807, 2.05) is 0 Å². The predicted molar refractivity (Wildman–Crippen MR) is 142 cm³/mol. The number of hydrogen-bond acceptors (Lipinski definition) is 5. The van der Waals surface area contributed by atoms with Gasteiger partial charge in [0.1, 0.15) is 0 Å². The largest absolute Gasteiger partial charge is 0.326 e. The van der Waals surface area contributed by atoms with Gasteiger partial charge in [0.15, 0.2) is 0 Å². The molecule has 0 atom stereocenters. The van der Waals surface area contributed by atoms with Crippen LogP contribution in [0, 0.1) is 11.3 Å². The van der Waals surface area contributed by atoms with Crippen LogP contribution in [0.4, 0.5) is 17.1 Å². The van der Waals surface area contributed by atoms with Gasteiger partial charge < -0.3 is 10.6 Å². The molecule has 0 saturated heterocycles. The molecule has 8 nitrogen and oxygen atoms in total. The molecule has 0 heterocycles. The molecule has 184 valence electrons. The molecule has 4 aromatic rings. The summed E-state index contributed by atoms with van der Waals surface area (Å²) in [5.74, 6) is -0.745. The van der Waals surface area contributed by atoms with Gasteiger partial charge in [0.25, 0.3) is 15.9 Å². The number of sulfonamides is 1. The van der Waals surface area contributed by atoms with E-state index >= 15 is 0 Å². The van der Waals surface area contributed by atoms with E-state index in [1.165, 1.54) is 30.3 Å². The molecule has 0 aliphatic heterocycles. The molecule has 0 aliphatic rings. The van der Waals surface area contributed by atoms with Crippen molar-refractivity contribution in [2.75, 3.05) is 15.4 Å². The van der Waals surface area contributed by atoms with Gasteiger partial charge in [0, 0.05) is 22.6 Å². The molecule has 0 unspecified atom stereocenters. The lowest BCUT2D eigenvalue weighted by Crippen LogP contribution is -2.16. The van der Waals surface area contributed by atoms with Gasteiger partial charge >= 0.3 is 0 Å². The van der Waals surface area contributed by atoms with Gasteiger partial charge in [-0.15, -0.1) is 0 Å². The first-order chi connectivity index (χ1) is 17.8. The number of para-hydroxylation sites is 1. The average Bonchev–Trinajstić information content (AvgIpc) is 2.90. The number of nitrogens with zero attached hydrogens (tertiary/aromatic N) is 1. The minimum Gasteiger partial charge on any atom is -0.326 e. The lowest BCUT2D eigenvalue weighted by molar-refractivity contribution is -0.115. The maximum Gasteiger partial charge on any atom is 0.261 e. The van der Waals surface area contributed by atoms with Crippen molar-refractivity contribution in [1.82, 2.24) is 0 Å². The Bertz CT molecular complexity index is 1580. The first kappa shape index (κ1) is 25.2. The van der Waals surface area contributed by atoms with Gasteiger partial charge in [0.05, 0.1) is 22.9 Å². The highest BCUT2D eigenvalue weighted by Gasteiger charge is 2.15. The van der Waals surface area contributed by atoms with Gasteiger partial charge in [-0.1, -0.05) is 42.5 Å². The lowest BCUT2D eigenvalue weighted by atomic mass is 10.1. The number of carbonyl (C=O) groups is 2. The van der Waals surface area contributed by atoms with Crippen LogP contribution < -0.4 is 15.4 Å². The number of amides is 2. The summed E-state index contributed by atoms with van der Waals surface area (Å²) in [4.78, 5) is 25.3. The normalized spacial score (nSPS) is 10.7. The van der Waals surface area contributed by atoms with E-state index in [1.54, 1.807) is 72.8 Å². The van der Waals surface area contributed by atoms with Crippen LogP contribution in [-0.4, -0.2) is 20.2 Å². The summed E-state index contributed by atoms with van der Waals surface area (Å²) in [6.45, 7) is 0. The fraction of sp³-hybridized carbons (Fsp3) is 0.0357. The molecule has 0 fully saturated rings. The first-order valence-corrected chi connectivity index (χ1v) is 12.7. The zero-order chi connectivity index (χ0) is 26.3. The fourth-order valence-corrected chi connectivity index (χ4v) is 4.60. The molecule has 0 aromatic heterocycles. The monoisotopic (exact) mass is 510 g/mol. The molecule has 0 spiro atoms. The fourth-order valence-electron chi connectivity index (χ4n) is 3.54. The standard InChI is InChI=1S/C28H22N4O4S/c29-19-22-8-5-4-7-20(22)18-27(33)30-25-12-6-9-21(17-25)28(34)31-23-13-15-26(16-14-23)37(35,36)32-24-10-2-1-3-11-24/h1-17,32H,18H2,(H,30,33)(H,31,34). The van der Waals surface area contributed by atoms with Crippen LogP contribution in [0.2, 0.25) is 0 Å². The Hall–Kier alpha value is -4.94. The van der Waals surface area contributed by atoms with Crippen molar-refractivity contribution >= 4 is 38.9 Å². The second-order valence-corrected chi connectivity index (χ2v) is 9.71. The van der Waals surface area contributed by atoms with Gasteiger partial charge in [-0.2, -0.15) is 5.26 Å². The smallest absolute Gasteiger partial charge is 0.261 e. The molecular formula is C28H22N4O4S. The summed E-state index contributed by atoms with van der Waals surface area (Å²) in [6.07, 6.45) is 0.0224. The Balaban J connectivity index is 1.39. The molecule has 9 heteroatoms. The molecule has 0 bridgehead atoms. The summed E-state index contributed by atoms with van der Waals surface area (Å²) in [6, 6.07) is 29.7. The number of nitrogens with one attached hydrogen (secondary N) is 3. The minimum atomic E-state index is -3.78. The quantitative estimate of drug-likeness (QED) is 0.314. The number of rotatable bonds is 8. The minimum absolute atomic E-state index is 0.0224. The van der Waals surface area contributed by atoms with Crippen molar-refractivity contribution < 1.29 is 18.0 Å². The van der Waals surface area contributed by atoms with Crippen LogP contribution >= 0.6 is 0 Å². The SMILES string of the molecule is N#Cc1ccccc1CC(=O)Nc1cccc(C(=O)Nc2ccc(S(=O)(=O)Nc3ccccc3)cc2)c1. The molecule has 0 aliphatic carbocycles. The molecule has 4 rings (SSSR count). The average molecular weight is 511 g/mol. The van der Waals surface area contributed by atoms with Gasteiger partial charge in [-0.05, 0) is 66.2 Å². The Morgan fingerprint density at radius 1 is 0.730 bits per heavy atom. The molecule has 0 saturated carbocycles. The zero-order valence-corrected chi connectivity index (χ0v) is 20.3. The Morgan fingerprint density at radius 3 is 2.14 bits per heavy atom. The molecule has 0 radical (unpaired) electrons. The van der Waals surface area contributed by atoms with E-state index in [0.29, 0.717) is 33.8 Å². The third kappa shape index (κ3) is 6.60. The van der Waals surface area contributed by atoms with Crippen LogP contribution in [0.3, 0.4) is 0 Å². The van der Waals surface area contributed by atoms with E-state index in [9.17, 15) is 23.3 Å². The van der Waals surface area contributed by atoms with Crippen molar-refractivity contribution in [2.24, 2.45) is 0 Å². The summed E-state index contributed by atoms with van der Waals surface area (Å²) in [5.41, 5.74) is 2.63. The number of nitriles is 1. The number of carbonyl (C=O) groups excluding carboxylic acids is 2. The van der Waals surface area contributed by atoms with Gasteiger partial charge in [0.2, 0.25) is 5.91 Å². The van der Waals surface area contributed by atoms with E-state index in [2.05, 4.69) is 21.4 Å². The first-order valence-electron chi connectivity index (χ1n) is 11.2. The summed E-state index contributed by atoms with van der Waals surface area (Å²) < 4.78 is 27.7. The maximum atomic E-state index is 12.8. The summed E-state index contributed by atoms with van der Waals surface area (Å²) >= 11 is 0. The Labute approximate surface area is 214 Å². The van der Waals surface area contributed by atoms with Gasteiger partial charge in [-0.25, -0.2) is 8.42 Å². The third-order valence-corrected chi connectivity index (χ3v) is 6.74. The van der Waals surface area contributed by atoms with Crippen LogP contribution in [0.1, 0.15) is 21.5 Å². The Morgan fingerprint density at radius 2 is 1.41 bits per heavy atom. The third-order valence-electron chi connectivity index (χ3n) is 5.35. The second-order valence-electron chi connectivity index (χ2n) is 8.02. The van der Waals surface area contributed by atoms with Crippen LogP contribution in [0.15, 0.2) is 108 Å². The Kier molecular flexibility index (Phi) is 7.62. The van der Waals surface area contributed by atoms with Crippen LogP contribution in [0.25, 0.3) is 0 Å². The predicted octanol–water partition coefficient (Wildman–Crippen LogP) is 4.79. The topological polar surface area (TPSA) is 128 Å². The van der Waals surface area contributed by atoms with Crippen molar-refractivity contribution in [1.29, 1.82) is 5.26 Å². The lowest BCUT2D eigenvalue weighted by Gasteiger charge is -2.10. The molecule has 2 amide bonds. The van der Waals surface area contributed by atoms with E-state index < -0.39 is 15.9 Å². The maximum absolute atomic E-state index is 12.8. The summed E-state index contributed by atoms with van der Waals surface area (Å²) in [7, 11) is -3.78. The summed E-state index contributed by atoms with van der Waals surface area (Å²) in [5, 5.41) is 14.7. The van der Waals surface area contributed by atoms with Gasteiger partial charge in [-0.3, -0.25) is 14.3 Å².